The van der Waals surface area contributed by atoms with E-state index in [9.17, 15) is 9.90 Å². The average Bonchev–Trinajstić information content (AvgIpc) is 3.13. The van der Waals surface area contributed by atoms with Crippen molar-refractivity contribution in [1.82, 2.24) is 14.5 Å². The number of carbonyl (C=O) groups is 1. The number of para-hydroxylation sites is 2. The van der Waals surface area contributed by atoms with Crippen LogP contribution in [0.1, 0.15) is 12.2 Å². The quantitative estimate of drug-likeness (QED) is 0.912. The molecule has 1 aromatic heterocycles. The van der Waals surface area contributed by atoms with Gasteiger partial charge in [0.15, 0.2) is 0 Å². The summed E-state index contributed by atoms with van der Waals surface area (Å²) in [5.41, 5.74) is 1.95. The highest BCUT2D eigenvalue weighted by atomic mass is 32.2. The molecule has 22 heavy (non-hydrogen) atoms. The van der Waals surface area contributed by atoms with E-state index in [1.807, 2.05) is 40.0 Å². The van der Waals surface area contributed by atoms with Crippen LogP contribution >= 0.6 is 11.8 Å². The Morgan fingerprint density at radius 2 is 2.27 bits per heavy atom. The fourth-order valence-corrected chi connectivity index (χ4v) is 3.46. The maximum Gasteiger partial charge on any atom is 0.242 e. The number of nitrogens with zero attached hydrogens (tertiary/aromatic N) is 3. The van der Waals surface area contributed by atoms with Crippen LogP contribution < -0.4 is 0 Å². The van der Waals surface area contributed by atoms with Crippen LogP contribution in [-0.2, 0) is 17.1 Å². The number of carbonyl (C=O) groups excluding carboxylic acids is 1. The van der Waals surface area contributed by atoms with Crippen LogP contribution in [0.25, 0.3) is 11.0 Å². The third kappa shape index (κ3) is 2.98. The summed E-state index contributed by atoms with van der Waals surface area (Å²) in [6.45, 7) is 1.90. The first-order valence-corrected chi connectivity index (χ1v) is 8.94. The molecule has 0 saturated carbocycles. The van der Waals surface area contributed by atoms with E-state index >= 15 is 0 Å². The second-order valence-electron chi connectivity index (χ2n) is 5.71. The van der Waals surface area contributed by atoms with Gasteiger partial charge in [-0.25, -0.2) is 4.98 Å². The zero-order valence-electron chi connectivity index (χ0n) is 12.7. The van der Waals surface area contributed by atoms with Crippen molar-refractivity contribution in [3.05, 3.63) is 30.1 Å². The van der Waals surface area contributed by atoms with Crippen molar-refractivity contribution < 1.29 is 9.90 Å². The highest BCUT2D eigenvalue weighted by Crippen LogP contribution is 2.21. The molecule has 0 bridgehead atoms. The Bertz CT molecular complexity index is 670. The Morgan fingerprint density at radius 3 is 3.00 bits per heavy atom. The van der Waals surface area contributed by atoms with Gasteiger partial charge in [0.1, 0.15) is 12.4 Å². The van der Waals surface area contributed by atoms with Gasteiger partial charge < -0.3 is 14.6 Å². The zero-order chi connectivity index (χ0) is 15.5. The molecule has 1 unspecified atom stereocenters. The number of rotatable bonds is 5. The van der Waals surface area contributed by atoms with Crippen molar-refractivity contribution in [2.24, 2.45) is 5.92 Å². The van der Waals surface area contributed by atoms with E-state index in [0.29, 0.717) is 13.1 Å². The van der Waals surface area contributed by atoms with Crippen LogP contribution in [0.4, 0.5) is 0 Å². The molecule has 1 atom stereocenters. The lowest BCUT2D eigenvalue weighted by atomic mass is 10.1. The van der Waals surface area contributed by atoms with Crippen LogP contribution in [-0.4, -0.2) is 51.4 Å². The van der Waals surface area contributed by atoms with E-state index < -0.39 is 0 Å². The Hall–Kier alpha value is -1.53. The number of amides is 1. The Morgan fingerprint density at radius 1 is 1.45 bits per heavy atom. The van der Waals surface area contributed by atoms with E-state index in [4.69, 9.17) is 0 Å². The van der Waals surface area contributed by atoms with Crippen LogP contribution in [0.2, 0.25) is 0 Å². The van der Waals surface area contributed by atoms with Crippen molar-refractivity contribution in [2.75, 3.05) is 26.0 Å². The average molecular weight is 319 g/mol. The predicted octanol–water partition coefficient (Wildman–Crippen LogP) is 1.74. The fourth-order valence-electron chi connectivity index (χ4n) is 2.98. The third-order valence-corrected chi connectivity index (χ3v) is 4.74. The van der Waals surface area contributed by atoms with Gasteiger partial charge in [-0.05, 0) is 24.8 Å². The van der Waals surface area contributed by atoms with Crippen molar-refractivity contribution in [3.8, 4) is 0 Å². The summed E-state index contributed by atoms with van der Waals surface area (Å²) in [6.07, 6.45) is 2.93. The first kappa shape index (κ1) is 15.4. The van der Waals surface area contributed by atoms with Gasteiger partial charge >= 0.3 is 0 Å². The van der Waals surface area contributed by atoms with Gasteiger partial charge in [-0.1, -0.05) is 12.1 Å². The van der Waals surface area contributed by atoms with Crippen LogP contribution in [0, 0.1) is 5.92 Å². The molecule has 2 aromatic rings. The van der Waals surface area contributed by atoms with Crippen molar-refractivity contribution in [1.29, 1.82) is 0 Å². The molecule has 5 nitrogen and oxygen atoms in total. The molecular weight excluding hydrogens is 298 g/mol. The highest BCUT2D eigenvalue weighted by Gasteiger charge is 2.26. The monoisotopic (exact) mass is 319 g/mol. The third-order valence-electron chi connectivity index (χ3n) is 4.20. The number of hydrogen-bond acceptors (Lipinski definition) is 4. The number of hydrogen-bond donors (Lipinski definition) is 1. The van der Waals surface area contributed by atoms with E-state index in [2.05, 4.69) is 4.98 Å². The molecule has 0 aliphatic carbocycles. The number of likely N-dealkylation sites (tertiary alicyclic amines) is 1. The van der Waals surface area contributed by atoms with Crippen LogP contribution in [0.15, 0.2) is 24.3 Å². The fraction of sp³-hybridized carbons (Fsp3) is 0.500. The number of aliphatic hydroxyl groups is 1. The predicted molar refractivity (Wildman–Crippen MR) is 88.7 cm³/mol. The molecule has 3 rings (SSSR count). The molecule has 6 heteroatoms. The summed E-state index contributed by atoms with van der Waals surface area (Å²) in [7, 11) is 0. The maximum atomic E-state index is 12.6. The molecule has 1 saturated heterocycles. The molecule has 2 heterocycles. The Kier molecular flexibility index (Phi) is 4.69. The summed E-state index contributed by atoms with van der Waals surface area (Å²) in [4.78, 5) is 19.1. The Balaban J connectivity index is 1.83. The molecule has 0 spiro atoms. The second kappa shape index (κ2) is 6.71. The minimum absolute atomic E-state index is 0.112. The summed E-state index contributed by atoms with van der Waals surface area (Å²) < 4.78 is 2.03. The first-order chi connectivity index (χ1) is 10.7. The lowest BCUT2D eigenvalue weighted by Crippen LogP contribution is -2.32. The minimum atomic E-state index is 0.112. The van der Waals surface area contributed by atoms with Gasteiger partial charge in [0.25, 0.3) is 0 Å². The second-order valence-corrected chi connectivity index (χ2v) is 6.58. The molecule has 1 amide bonds. The topological polar surface area (TPSA) is 58.4 Å². The smallest absolute Gasteiger partial charge is 0.242 e. The lowest BCUT2D eigenvalue weighted by Gasteiger charge is -2.17. The van der Waals surface area contributed by atoms with E-state index in [1.54, 1.807) is 11.8 Å². The van der Waals surface area contributed by atoms with Gasteiger partial charge in [-0.15, -0.1) is 0 Å². The number of aliphatic hydroxyl groups excluding tert-OH is 1. The van der Waals surface area contributed by atoms with E-state index in [-0.39, 0.29) is 18.4 Å². The van der Waals surface area contributed by atoms with Crippen LogP contribution in [0.5, 0.6) is 0 Å². The SMILES string of the molecule is CSCc1nc2ccccc2n1CC(=O)N1CCC(CO)C1. The zero-order valence-corrected chi connectivity index (χ0v) is 13.6. The summed E-state index contributed by atoms with van der Waals surface area (Å²) in [6, 6.07) is 7.94. The van der Waals surface area contributed by atoms with Crippen molar-refractivity contribution in [3.63, 3.8) is 0 Å². The van der Waals surface area contributed by atoms with E-state index in [0.717, 1.165) is 35.6 Å². The molecular formula is C16H21N3O2S. The summed E-state index contributed by atoms with van der Waals surface area (Å²) in [5.74, 6) is 2.08. The molecule has 1 aromatic carbocycles. The number of fused-ring (bicyclic) bond motifs is 1. The first-order valence-electron chi connectivity index (χ1n) is 7.54. The highest BCUT2D eigenvalue weighted by molar-refractivity contribution is 7.97. The number of benzene rings is 1. The van der Waals surface area contributed by atoms with Crippen molar-refractivity contribution >= 4 is 28.7 Å². The molecule has 118 valence electrons. The molecule has 1 N–H and O–H groups in total. The molecule has 1 fully saturated rings. The largest absolute Gasteiger partial charge is 0.396 e. The van der Waals surface area contributed by atoms with Gasteiger partial charge in [-0.3, -0.25) is 4.79 Å². The van der Waals surface area contributed by atoms with Gasteiger partial charge in [0, 0.05) is 25.6 Å². The molecule has 0 radical (unpaired) electrons. The Labute approximate surface area is 134 Å². The normalized spacial score (nSPS) is 18.3. The number of thioether (sulfide) groups is 1. The van der Waals surface area contributed by atoms with Gasteiger partial charge in [0.2, 0.25) is 5.91 Å². The van der Waals surface area contributed by atoms with Gasteiger partial charge in [0.05, 0.1) is 16.8 Å². The minimum Gasteiger partial charge on any atom is -0.396 e. The van der Waals surface area contributed by atoms with Crippen molar-refractivity contribution in [2.45, 2.75) is 18.7 Å². The summed E-state index contributed by atoms with van der Waals surface area (Å²) in [5, 5.41) is 9.22. The number of aromatic nitrogens is 2. The van der Waals surface area contributed by atoms with E-state index in [1.165, 1.54) is 0 Å². The van der Waals surface area contributed by atoms with Crippen LogP contribution in [0.3, 0.4) is 0 Å². The maximum absolute atomic E-state index is 12.6. The van der Waals surface area contributed by atoms with Gasteiger partial charge in [-0.2, -0.15) is 11.8 Å². The standard InChI is InChI=1S/C16H21N3O2S/c1-22-11-15-17-13-4-2-3-5-14(13)19(15)9-16(21)18-7-6-12(8-18)10-20/h2-5,12,20H,6-11H2,1H3. The molecule has 1 aliphatic heterocycles. The molecule has 1 aliphatic rings. The number of imidazole rings is 1. The lowest BCUT2D eigenvalue weighted by molar-refractivity contribution is -0.130. The summed E-state index contributed by atoms with van der Waals surface area (Å²) >= 11 is 1.71.